The molecule has 0 radical (unpaired) electrons. The van der Waals surface area contributed by atoms with E-state index in [1.54, 1.807) is 6.08 Å². The van der Waals surface area contributed by atoms with E-state index >= 15 is 0 Å². The first kappa shape index (κ1) is 88.1. The number of hydrogen-bond acceptors (Lipinski definition) is 5. The Morgan fingerprint density at radius 2 is 0.556 bits per heavy atom. The van der Waals surface area contributed by atoms with Crippen LogP contribution >= 0.6 is 0 Å². The summed E-state index contributed by atoms with van der Waals surface area (Å²) in [5, 5.41) is 23.3. The van der Waals surface area contributed by atoms with Gasteiger partial charge in [0.25, 0.3) is 0 Å². The average Bonchev–Trinajstić information content (AvgIpc) is 3.71. The molecule has 0 aromatic heterocycles. The van der Waals surface area contributed by atoms with Crippen LogP contribution in [0.1, 0.15) is 463 Å². The first-order valence-corrected chi connectivity index (χ1v) is 41.3. The summed E-state index contributed by atoms with van der Waals surface area (Å²) in [4.78, 5) is 24.7. The standard InChI is InChI=1S/C84H161NO5/c1-3-5-7-9-11-13-15-17-19-21-22-23-24-33-36-39-42-45-48-52-56-60-64-68-72-76-82(87)81(80-86)85-83(88)77-73-69-65-61-57-53-49-46-43-40-37-34-31-29-27-25-26-28-30-32-35-38-41-44-47-51-55-59-63-67-71-75-79-90-84(89)78-74-70-66-62-58-54-50-20-18-16-14-12-10-8-6-4-2/h14,16,20,50,72,76,81-82,86-87H,3-13,15,17-19,21-49,51-71,73-75,77-80H2,1-2H3,(H,85,88)/b16-14-,50-20-,76-72+. The Morgan fingerprint density at radius 1 is 0.311 bits per heavy atom. The highest BCUT2D eigenvalue weighted by atomic mass is 16.5. The topological polar surface area (TPSA) is 95.9 Å². The van der Waals surface area contributed by atoms with Gasteiger partial charge in [0, 0.05) is 12.8 Å². The monoisotopic (exact) mass is 1260 g/mol. The molecule has 0 heterocycles. The van der Waals surface area contributed by atoms with Gasteiger partial charge in [-0.1, -0.05) is 423 Å². The van der Waals surface area contributed by atoms with E-state index in [9.17, 15) is 19.8 Å². The van der Waals surface area contributed by atoms with Gasteiger partial charge in [0.15, 0.2) is 0 Å². The van der Waals surface area contributed by atoms with Crippen molar-refractivity contribution in [2.24, 2.45) is 0 Å². The predicted molar refractivity (Wildman–Crippen MR) is 398 cm³/mol. The Balaban J connectivity index is 3.36. The number of nitrogens with one attached hydrogen (secondary N) is 1. The Bertz CT molecular complexity index is 1460. The second-order valence-electron chi connectivity index (χ2n) is 28.5. The zero-order chi connectivity index (χ0) is 64.9. The van der Waals surface area contributed by atoms with Crippen LogP contribution in [0.2, 0.25) is 0 Å². The zero-order valence-electron chi connectivity index (χ0n) is 61.1. The minimum atomic E-state index is -0.843. The molecule has 0 fully saturated rings. The van der Waals surface area contributed by atoms with Crippen molar-refractivity contribution < 1.29 is 24.5 Å². The Morgan fingerprint density at radius 3 is 0.856 bits per heavy atom. The van der Waals surface area contributed by atoms with Crippen molar-refractivity contribution in [1.82, 2.24) is 5.32 Å². The third kappa shape index (κ3) is 75.1. The highest BCUT2D eigenvalue weighted by Gasteiger charge is 2.18. The Labute approximate surface area is 564 Å². The number of amides is 1. The number of aliphatic hydroxyl groups is 2. The summed E-state index contributed by atoms with van der Waals surface area (Å²) in [6, 6.07) is -0.626. The van der Waals surface area contributed by atoms with Gasteiger partial charge in [0.2, 0.25) is 5.91 Å². The molecule has 1 amide bonds. The summed E-state index contributed by atoms with van der Waals surface area (Å²) in [6.07, 6.45) is 104. The van der Waals surface area contributed by atoms with Crippen LogP contribution in [0.15, 0.2) is 36.5 Å². The van der Waals surface area contributed by atoms with Crippen molar-refractivity contribution in [3.8, 4) is 0 Å². The number of carbonyl (C=O) groups excluding carboxylic acids is 2. The molecule has 0 saturated heterocycles. The lowest BCUT2D eigenvalue weighted by molar-refractivity contribution is -0.143. The lowest BCUT2D eigenvalue weighted by Gasteiger charge is -2.20. The van der Waals surface area contributed by atoms with Gasteiger partial charge >= 0.3 is 5.97 Å². The molecule has 6 heteroatoms. The van der Waals surface area contributed by atoms with Crippen molar-refractivity contribution in [1.29, 1.82) is 0 Å². The van der Waals surface area contributed by atoms with Crippen molar-refractivity contribution in [2.45, 2.75) is 475 Å². The minimum absolute atomic E-state index is 0.00827. The third-order valence-electron chi connectivity index (χ3n) is 19.4. The van der Waals surface area contributed by atoms with Crippen molar-refractivity contribution in [3.05, 3.63) is 36.5 Å². The number of hydrogen-bond donors (Lipinski definition) is 3. The quantitative estimate of drug-likeness (QED) is 0.0320. The highest BCUT2D eigenvalue weighted by molar-refractivity contribution is 5.76. The van der Waals surface area contributed by atoms with Crippen molar-refractivity contribution in [3.63, 3.8) is 0 Å². The highest BCUT2D eigenvalue weighted by Crippen LogP contribution is 2.20. The summed E-state index contributed by atoms with van der Waals surface area (Å²) >= 11 is 0. The molecule has 0 aliphatic heterocycles. The molecule has 0 bridgehead atoms. The molecule has 6 nitrogen and oxygen atoms in total. The van der Waals surface area contributed by atoms with E-state index in [0.29, 0.717) is 19.4 Å². The van der Waals surface area contributed by atoms with Crippen LogP contribution in [0.4, 0.5) is 0 Å². The summed E-state index contributed by atoms with van der Waals surface area (Å²) in [5.74, 6) is -0.0499. The second kappa shape index (κ2) is 79.5. The molecule has 0 saturated carbocycles. The van der Waals surface area contributed by atoms with Gasteiger partial charge in [-0.3, -0.25) is 9.59 Å². The summed E-state index contributed by atoms with van der Waals surface area (Å²) in [6.45, 7) is 4.93. The molecule has 0 spiro atoms. The van der Waals surface area contributed by atoms with Crippen LogP contribution in [0, 0.1) is 0 Å². The van der Waals surface area contributed by atoms with Crippen LogP contribution in [0.25, 0.3) is 0 Å². The van der Waals surface area contributed by atoms with Crippen LogP contribution in [0.5, 0.6) is 0 Å². The Hall–Kier alpha value is -1.92. The van der Waals surface area contributed by atoms with Gasteiger partial charge in [0.05, 0.1) is 25.4 Å². The van der Waals surface area contributed by atoms with Gasteiger partial charge in [-0.25, -0.2) is 0 Å². The Kier molecular flexibility index (Phi) is 77.8. The average molecular weight is 1270 g/mol. The maximum Gasteiger partial charge on any atom is 0.305 e. The lowest BCUT2D eigenvalue weighted by Crippen LogP contribution is -2.45. The van der Waals surface area contributed by atoms with Crippen LogP contribution in [-0.2, 0) is 14.3 Å². The van der Waals surface area contributed by atoms with Crippen LogP contribution in [-0.4, -0.2) is 47.4 Å². The molecule has 0 aliphatic carbocycles. The minimum Gasteiger partial charge on any atom is -0.466 e. The predicted octanol–water partition coefficient (Wildman–Crippen LogP) is 27.4. The van der Waals surface area contributed by atoms with E-state index < -0.39 is 12.1 Å². The molecule has 2 atom stereocenters. The normalized spacial score (nSPS) is 12.6. The molecule has 2 unspecified atom stereocenters. The van der Waals surface area contributed by atoms with E-state index in [4.69, 9.17) is 4.74 Å². The summed E-state index contributed by atoms with van der Waals surface area (Å²) in [7, 11) is 0. The summed E-state index contributed by atoms with van der Waals surface area (Å²) < 4.78 is 5.50. The first-order valence-electron chi connectivity index (χ1n) is 41.3. The zero-order valence-corrected chi connectivity index (χ0v) is 61.1. The van der Waals surface area contributed by atoms with E-state index in [0.717, 1.165) is 51.4 Å². The van der Waals surface area contributed by atoms with Gasteiger partial charge in [-0.05, 0) is 64.2 Å². The number of unbranched alkanes of at least 4 members (excludes halogenated alkanes) is 63. The molecule has 0 aliphatic rings. The first-order chi connectivity index (χ1) is 44.5. The van der Waals surface area contributed by atoms with Gasteiger partial charge in [0.1, 0.15) is 0 Å². The maximum atomic E-state index is 12.6. The SMILES string of the molecule is CCCCCC/C=C\C/C=C\CCCCCCCC(=O)OCCCCCCCCCCCCCCCCCCCCCCCCCCCCCCCCCCC(=O)NC(CO)C(O)/C=C/CCCCCCCCCCCCCCCCCCCCCCCCC. The smallest absolute Gasteiger partial charge is 0.305 e. The molecule has 0 rings (SSSR count). The van der Waals surface area contributed by atoms with Crippen molar-refractivity contribution >= 4 is 11.9 Å². The van der Waals surface area contributed by atoms with E-state index in [1.165, 1.54) is 385 Å². The second-order valence-corrected chi connectivity index (χ2v) is 28.5. The van der Waals surface area contributed by atoms with Crippen LogP contribution < -0.4 is 5.32 Å². The molecule has 0 aromatic rings. The molecular formula is C84H161NO5. The molecular weight excluding hydrogens is 1100 g/mol. The molecule has 532 valence electrons. The fourth-order valence-electron chi connectivity index (χ4n) is 13.1. The van der Waals surface area contributed by atoms with Gasteiger partial charge in [-0.2, -0.15) is 0 Å². The van der Waals surface area contributed by atoms with E-state index in [1.807, 2.05) is 6.08 Å². The molecule has 0 aromatic carbocycles. The van der Waals surface area contributed by atoms with E-state index in [-0.39, 0.29) is 18.5 Å². The molecule has 3 N–H and O–H groups in total. The molecule has 90 heavy (non-hydrogen) atoms. The number of aliphatic hydroxyl groups excluding tert-OH is 2. The number of carbonyl (C=O) groups is 2. The number of esters is 1. The third-order valence-corrected chi connectivity index (χ3v) is 19.4. The fraction of sp³-hybridized carbons (Fsp3) is 0.905. The summed E-state index contributed by atoms with van der Waals surface area (Å²) in [5.41, 5.74) is 0. The van der Waals surface area contributed by atoms with Gasteiger partial charge in [-0.15, -0.1) is 0 Å². The van der Waals surface area contributed by atoms with Crippen LogP contribution in [0.3, 0.4) is 0 Å². The fourth-order valence-corrected chi connectivity index (χ4v) is 13.1. The number of rotatable bonds is 78. The number of ether oxygens (including phenoxy) is 1. The van der Waals surface area contributed by atoms with E-state index in [2.05, 4.69) is 43.5 Å². The van der Waals surface area contributed by atoms with Crippen molar-refractivity contribution in [2.75, 3.05) is 13.2 Å². The lowest BCUT2D eigenvalue weighted by atomic mass is 10.0. The van der Waals surface area contributed by atoms with Gasteiger partial charge < -0.3 is 20.3 Å². The maximum absolute atomic E-state index is 12.6. The largest absolute Gasteiger partial charge is 0.466 e. The number of allylic oxidation sites excluding steroid dienone is 5.